The number of hydrogen-bond acceptors (Lipinski definition) is 3. The van der Waals surface area contributed by atoms with Gasteiger partial charge in [-0.3, -0.25) is 0 Å². The Labute approximate surface area is 87.8 Å². The molecule has 0 unspecified atom stereocenters. The SMILES string of the molecule is COc1ccc(C2(C)OCCO2)cc1F. The van der Waals surface area contributed by atoms with Gasteiger partial charge in [-0.05, 0) is 25.1 Å². The van der Waals surface area contributed by atoms with E-state index in [0.717, 1.165) is 0 Å². The Morgan fingerprint density at radius 1 is 1.33 bits per heavy atom. The van der Waals surface area contributed by atoms with Crippen molar-refractivity contribution in [3.8, 4) is 5.75 Å². The molecule has 0 aromatic heterocycles. The second-order valence-electron chi connectivity index (χ2n) is 3.49. The summed E-state index contributed by atoms with van der Waals surface area (Å²) in [4.78, 5) is 0. The van der Waals surface area contributed by atoms with Crippen LogP contribution < -0.4 is 4.74 Å². The molecule has 82 valence electrons. The van der Waals surface area contributed by atoms with Crippen molar-refractivity contribution in [2.45, 2.75) is 12.7 Å². The predicted molar refractivity (Wildman–Crippen MR) is 52.2 cm³/mol. The lowest BCUT2D eigenvalue weighted by Crippen LogP contribution is -2.22. The number of methoxy groups -OCH3 is 1. The zero-order valence-electron chi connectivity index (χ0n) is 8.75. The molecule has 1 fully saturated rings. The fraction of sp³-hybridized carbons (Fsp3) is 0.455. The molecule has 0 spiro atoms. The molecule has 4 heteroatoms. The summed E-state index contributed by atoms with van der Waals surface area (Å²) < 4.78 is 29.1. The van der Waals surface area contributed by atoms with Gasteiger partial charge in [-0.25, -0.2) is 4.39 Å². The molecule has 0 radical (unpaired) electrons. The smallest absolute Gasteiger partial charge is 0.192 e. The molecule has 3 nitrogen and oxygen atoms in total. The van der Waals surface area contributed by atoms with Crippen LogP contribution in [0.3, 0.4) is 0 Å². The molecule has 0 amide bonds. The lowest BCUT2D eigenvalue weighted by molar-refractivity contribution is -0.149. The van der Waals surface area contributed by atoms with Gasteiger partial charge in [0.15, 0.2) is 17.4 Å². The van der Waals surface area contributed by atoms with Crippen LogP contribution in [0, 0.1) is 5.82 Å². The van der Waals surface area contributed by atoms with Crippen LogP contribution in [-0.4, -0.2) is 20.3 Å². The Morgan fingerprint density at radius 2 is 2.00 bits per heavy atom. The molecule has 0 N–H and O–H groups in total. The highest BCUT2D eigenvalue weighted by Gasteiger charge is 2.33. The second kappa shape index (κ2) is 3.79. The maximum atomic E-state index is 13.4. The minimum atomic E-state index is -0.826. The van der Waals surface area contributed by atoms with Crippen LogP contribution in [0.2, 0.25) is 0 Å². The van der Waals surface area contributed by atoms with E-state index in [2.05, 4.69) is 0 Å². The highest BCUT2D eigenvalue weighted by molar-refractivity contribution is 5.31. The van der Waals surface area contributed by atoms with Gasteiger partial charge in [-0.2, -0.15) is 0 Å². The Bertz CT molecular complexity index is 359. The first kappa shape index (κ1) is 10.4. The number of halogens is 1. The number of benzene rings is 1. The molecular formula is C11H13FO3. The van der Waals surface area contributed by atoms with Crippen LogP contribution in [0.4, 0.5) is 4.39 Å². The van der Waals surface area contributed by atoms with Gasteiger partial charge in [0, 0.05) is 5.56 Å². The minimum absolute atomic E-state index is 0.223. The van der Waals surface area contributed by atoms with E-state index < -0.39 is 11.6 Å². The Kier molecular flexibility index (Phi) is 2.63. The Morgan fingerprint density at radius 3 is 2.53 bits per heavy atom. The second-order valence-corrected chi connectivity index (χ2v) is 3.49. The standard InChI is InChI=1S/C11H13FO3/c1-11(14-5-6-15-11)8-3-4-10(13-2)9(12)7-8/h3-4,7H,5-6H2,1-2H3. The van der Waals surface area contributed by atoms with Gasteiger partial charge >= 0.3 is 0 Å². The summed E-state index contributed by atoms with van der Waals surface area (Å²) in [6, 6.07) is 4.69. The van der Waals surface area contributed by atoms with E-state index in [1.807, 2.05) is 0 Å². The molecule has 0 atom stereocenters. The van der Waals surface area contributed by atoms with E-state index in [0.29, 0.717) is 18.8 Å². The van der Waals surface area contributed by atoms with Gasteiger partial charge in [0.05, 0.1) is 20.3 Å². The fourth-order valence-corrected chi connectivity index (χ4v) is 1.63. The molecule has 0 aliphatic carbocycles. The van der Waals surface area contributed by atoms with Crippen LogP contribution in [0.5, 0.6) is 5.75 Å². The normalized spacial score (nSPS) is 19.1. The third kappa shape index (κ3) is 1.82. The maximum Gasteiger partial charge on any atom is 0.192 e. The highest BCUT2D eigenvalue weighted by atomic mass is 19.1. The van der Waals surface area contributed by atoms with Gasteiger partial charge in [0.2, 0.25) is 0 Å². The van der Waals surface area contributed by atoms with Gasteiger partial charge in [-0.1, -0.05) is 0 Å². The van der Waals surface area contributed by atoms with E-state index in [1.54, 1.807) is 19.1 Å². The monoisotopic (exact) mass is 212 g/mol. The topological polar surface area (TPSA) is 27.7 Å². The van der Waals surface area contributed by atoms with E-state index >= 15 is 0 Å². The van der Waals surface area contributed by atoms with E-state index in [9.17, 15) is 4.39 Å². The van der Waals surface area contributed by atoms with Crippen molar-refractivity contribution in [3.05, 3.63) is 29.6 Å². The van der Waals surface area contributed by atoms with E-state index in [1.165, 1.54) is 13.2 Å². The van der Waals surface area contributed by atoms with Crippen LogP contribution >= 0.6 is 0 Å². The average molecular weight is 212 g/mol. The number of hydrogen-bond donors (Lipinski definition) is 0. The molecule has 1 heterocycles. The zero-order valence-corrected chi connectivity index (χ0v) is 8.75. The third-order valence-corrected chi connectivity index (χ3v) is 2.51. The summed E-state index contributed by atoms with van der Waals surface area (Å²) in [6.45, 7) is 2.84. The number of rotatable bonds is 2. The molecule has 0 bridgehead atoms. The first-order valence-corrected chi connectivity index (χ1v) is 4.77. The van der Waals surface area contributed by atoms with Crippen LogP contribution in [-0.2, 0) is 15.3 Å². The molecule has 2 rings (SSSR count). The van der Waals surface area contributed by atoms with Crippen molar-refractivity contribution in [1.29, 1.82) is 0 Å². The van der Waals surface area contributed by atoms with E-state index in [4.69, 9.17) is 14.2 Å². The number of ether oxygens (including phenoxy) is 3. The molecule has 0 saturated carbocycles. The van der Waals surface area contributed by atoms with Gasteiger partial charge < -0.3 is 14.2 Å². The summed E-state index contributed by atoms with van der Waals surface area (Å²) >= 11 is 0. The summed E-state index contributed by atoms with van der Waals surface area (Å²) in [5, 5.41) is 0. The molecule has 1 aliphatic rings. The highest BCUT2D eigenvalue weighted by Crippen LogP contribution is 2.32. The molecule has 1 aromatic carbocycles. The first-order chi connectivity index (χ1) is 7.15. The van der Waals surface area contributed by atoms with Crippen molar-refractivity contribution in [2.75, 3.05) is 20.3 Å². The molecular weight excluding hydrogens is 199 g/mol. The lowest BCUT2D eigenvalue weighted by atomic mass is 10.1. The van der Waals surface area contributed by atoms with Gasteiger partial charge in [-0.15, -0.1) is 0 Å². The molecule has 15 heavy (non-hydrogen) atoms. The molecule has 1 saturated heterocycles. The molecule has 1 aromatic rings. The van der Waals surface area contributed by atoms with Crippen LogP contribution in [0.15, 0.2) is 18.2 Å². The van der Waals surface area contributed by atoms with Gasteiger partial charge in [0.25, 0.3) is 0 Å². The van der Waals surface area contributed by atoms with Gasteiger partial charge in [0.1, 0.15) is 0 Å². The zero-order chi connectivity index (χ0) is 10.9. The summed E-state index contributed by atoms with van der Waals surface area (Å²) in [5.74, 6) is -1.01. The summed E-state index contributed by atoms with van der Waals surface area (Å²) in [6.07, 6.45) is 0. The van der Waals surface area contributed by atoms with Crippen molar-refractivity contribution in [2.24, 2.45) is 0 Å². The fourth-order valence-electron chi connectivity index (χ4n) is 1.63. The first-order valence-electron chi connectivity index (χ1n) is 4.77. The van der Waals surface area contributed by atoms with Crippen molar-refractivity contribution >= 4 is 0 Å². The third-order valence-electron chi connectivity index (χ3n) is 2.51. The largest absolute Gasteiger partial charge is 0.494 e. The Hall–Kier alpha value is -1.13. The molecule has 1 aliphatic heterocycles. The summed E-state index contributed by atoms with van der Waals surface area (Å²) in [5.41, 5.74) is 0.665. The lowest BCUT2D eigenvalue weighted by Gasteiger charge is -2.22. The van der Waals surface area contributed by atoms with Crippen molar-refractivity contribution < 1.29 is 18.6 Å². The van der Waals surface area contributed by atoms with Crippen LogP contribution in [0.25, 0.3) is 0 Å². The van der Waals surface area contributed by atoms with Crippen LogP contribution in [0.1, 0.15) is 12.5 Å². The van der Waals surface area contributed by atoms with E-state index in [-0.39, 0.29) is 5.75 Å². The van der Waals surface area contributed by atoms with Crippen molar-refractivity contribution in [3.63, 3.8) is 0 Å². The van der Waals surface area contributed by atoms with Crippen molar-refractivity contribution in [1.82, 2.24) is 0 Å². The summed E-state index contributed by atoms with van der Waals surface area (Å²) in [7, 11) is 1.43. The minimum Gasteiger partial charge on any atom is -0.494 e. The maximum absolute atomic E-state index is 13.4. The Balaban J connectivity index is 2.33. The predicted octanol–water partition coefficient (Wildman–Crippen LogP) is 2.05. The quantitative estimate of drug-likeness (QED) is 0.751. The average Bonchev–Trinajstić information content (AvgIpc) is 2.66.